The average molecular weight is 358 g/mol. The third-order valence-corrected chi connectivity index (χ3v) is 4.54. The molecule has 24 heavy (non-hydrogen) atoms. The quantitative estimate of drug-likeness (QED) is 0.732. The number of amides is 1. The zero-order chi connectivity index (χ0) is 17.6. The van der Waals surface area contributed by atoms with Crippen LogP contribution < -0.4 is 10.0 Å². The second-order valence-electron chi connectivity index (χ2n) is 4.82. The minimum Gasteiger partial charge on any atom is -0.346 e. The summed E-state index contributed by atoms with van der Waals surface area (Å²) in [4.78, 5) is 15.4. The Kier molecular flexibility index (Phi) is 5.99. The molecule has 0 aliphatic carbocycles. The Morgan fingerprint density at radius 2 is 1.96 bits per heavy atom. The van der Waals surface area contributed by atoms with E-state index < -0.39 is 28.9 Å². The Morgan fingerprint density at radius 1 is 1.25 bits per heavy atom. The Morgan fingerprint density at radius 3 is 2.54 bits per heavy atom. The monoisotopic (exact) mass is 358 g/mol. The Hall–Kier alpha value is -2.33. The van der Waals surface area contributed by atoms with Crippen LogP contribution in [0.2, 0.25) is 0 Å². The van der Waals surface area contributed by atoms with Crippen LogP contribution in [0.3, 0.4) is 0 Å². The molecule has 1 amide bonds. The molecule has 7 nitrogen and oxygen atoms in total. The van der Waals surface area contributed by atoms with Gasteiger partial charge < -0.3 is 9.88 Å². The van der Waals surface area contributed by atoms with E-state index in [0.717, 1.165) is 0 Å². The normalized spacial score (nSPS) is 11.6. The molecule has 130 valence electrons. The number of hydrogen-bond acceptors (Lipinski definition) is 4. The van der Waals surface area contributed by atoms with Crippen LogP contribution in [0, 0.1) is 0 Å². The van der Waals surface area contributed by atoms with Gasteiger partial charge >= 0.3 is 0 Å². The summed E-state index contributed by atoms with van der Waals surface area (Å²) in [7, 11) is -3.72. The summed E-state index contributed by atoms with van der Waals surface area (Å²) < 4.78 is 52.5. The van der Waals surface area contributed by atoms with E-state index in [1.54, 1.807) is 23.3 Å². The molecule has 0 spiro atoms. The van der Waals surface area contributed by atoms with Crippen molar-refractivity contribution in [2.24, 2.45) is 0 Å². The summed E-state index contributed by atoms with van der Waals surface area (Å²) in [5.74, 6) is -0.688. The van der Waals surface area contributed by atoms with Crippen molar-refractivity contribution in [2.75, 3.05) is 13.1 Å². The highest BCUT2D eigenvalue weighted by atomic mass is 32.2. The number of aromatic nitrogens is 2. The average Bonchev–Trinajstić information content (AvgIpc) is 3.06. The predicted octanol–water partition coefficient (Wildman–Crippen LogP) is 0.856. The molecule has 0 aliphatic rings. The molecular weight excluding hydrogens is 342 g/mol. The molecule has 0 saturated heterocycles. The SMILES string of the molecule is O=C(NCC(F)F)c1ccc(S(=O)(=O)NCCn2ccnc2)cc1. The van der Waals surface area contributed by atoms with Gasteiger partial charge in [0.2, 0.25) is 10.0 Å². The lowest BCUT2D eigenvalue weighted by Crippen LogP contribution is -2.29. The van der Waals surface area contributed by atoms with E-state index in [9.17, 15) is 22.0 Å². The van der Waals surface area contributed by atoms with Gasteiger partial charge in [-0.2, -0.15) is 0 Å². The van der Waals surface area contributed by atoms with Crippen LogP contribution in [-0.2, 0) is 16.6 Å². The number of benzene rings is 1. The van der Waals surface area contributed by atoms with Crippen molar-refractivity contribution in [3.8, 4) is 0 Å². The summed E-state index contributed by atoms with van der Waals surface area (Å²) in [5.41, 5.74) is 0.105. The fraction of sp³-hybridized carbons (Fsp3) is 0.286. The number of nitrogens with zero attached hydrogens (tertiary/aromatic N) is 2. The number of imidazole rings is 1. The highest BCUT2D eigenvalue weighted by Crippen LogP contribution is 2.10. The number of rotatable bonds is 8. The molecule has 0 atom stereocenters. The van der Waals surface area contributed by atoms with Crippen LogP contribution in [0.4, 0.5) is 8.78 Å². The molecule has 0 saturated carbocycles. The first-order valence-electron chi connectivity index (χ1n) is 7.00. The number of nitrogens with one attached hydrogen (secondary N) is 2. The molecule has 2 N–H and O–H groups in total. The largest absolute Gasteiger partial charge is 0.346 e. The first kappa shape index (κ1) is 18.0. The van der Waals surface area contributed by atoms with Crippen LogP contribution in [0.5, 0.6) is 0 Å². The van der Waals surface area contributed by atoms with Gasteiger partial charge in [0.15, 0.2) is 0 Å². The number of carbonyl (C=O) groups excluding carboxylic acids is 1. The first-order valence-corrected chi connectivity index (χ1v) is 8.48. The van der Waals surface area contributed by atoms with Gasteiger partial charge in [0.25, 0.3) is 12.3 Å². The molecule has 1 aromatic carbocycles. The first-order chi connectivity index (χ1) is 11.4. The van der Waals surface area contributed by atoms with Crippen LogP contribution >= 0.6 is 0 Å². The summed E-state index contributed by atoms with van der Waals surface area (Å²) >= 11 is 0. The standard InChI is InChI=1S/C14H16F2N4O3S/c15-13(16)9-18-14(21)11-1-3-12(4-2-11)24(22,23)19-6-8-20-7-5-17-10-20/h1-5,7,10,13,19H,6,8-9H2,(H,18,21). The molecule has 10 heteroatoms. The third-order valence-electron chi connectivity index (χ3n) is 3.07. The van der Waals surface area contributed by atoms with E-state index in [2.05, 4.69) is 9.71 Å². The smallest absolute Gasteiger partial charge is 0.255 e. The van der Waals surface area contributed by atoms with Gasteiger partial charge in [-0.25, -0.2) is 26.9 Å². The summed E-state index contributed by atoms with van der Waals surface area (Å²) in [6, 6.07) is 5.03. The fourth-order valence-electron chi connectivity index (χ4n) is 1.87. The number of hydrogen-bond donors (Lipinski definition) is 2. The van der Waals surface area contributed by atoms with Crippen molar-refractivity contribution in [2.45, 2.75) is 17.9 Å². The van der Waals surface area contributed by atoms with Gasteiger partial charge in [-0.1, -0.05) is 0 Å². The van der Waals surface area contributed by atoms with Gasteiger partial charge in [-0.15, -0.1) is 0 Å². The van der Waals surface area contributed by atoms with Crippen LogP contribution in [0.1, 0.15) is 10.4 Å². The third kappa shape index (κ3) is 5.10. The molecule has 0 bridgehead atoms. The van der Waals surface area contributed by atoms with Crippen molar-refractivity contribution in [1.29, 1.82) is 0 Å². The number of sulfonamides is 1. The summed E-state index contributed by atoms with van der Waals surface area (Å²) in [5, 5.41) is 2.04. The number of halogens is 2. The van der Waals surface area contributed by atoms with Gasteiger partial charge in [0.1, 0.15) is 0 Å². The van der Waals surface area contributed by atoms with E-state index in [1.807, 2.05) is 5.32 Å². The molecule has 0 radical (unpaired) electrons. The highest BCUT2D eigenvalue weighted by Gasteiger charge is 2.15. The van der Waals surface area contributed by atoms with Crippen molar-refractivity contribution < 1.29 is 22.0 Å². The van der Waals surface area contributed by atoms with Gasteiger partial charge in [-0.3, -0.25) is 4.79 Å². The maximum Gasteiger partial charge on any atom is 0.255 e. The van der Waals surface area contributed by atoms with Gasteiger partial charge in [0, 0.05) is 31.0 Å². The fourth-order valence-corrected chi connectivity index (χ4v) is 2.89. The zero-order valence-corrected chi connectivity index (χ0v) is 13.3. The maximum absolute atomic E-state index is 12.1. The molecule has 0 fully saturated rings. The molecule has 2 aromatic rings. The van der Waals surface area contributed by atoms with Crippen molar-refractivity contribution in [1.82, 2.24) is 19.6 Å². The molecule has 2 rings (SSSR count). The lowest BCUT2D eigenvalue weighted by Gasteiger charge is -2.08. The van der Waals surface area contributed by atoms with E-state index in [0.29, 0.717) is 6.54 Å². The minimum atomic E-state index is -3.72. The number of alkyl halides is 2. The summed E-state index contributed by atoms with van der Waals surface area (Å²) in [6.45, 7) is -0.155. The summed E-state index contributed by atoms with van der Waals surface area (Å²) in [6.07, 6.45) is 2.22. The van der Waals surface area contributed by atoms with Crippen molar-refractivity contribution >= 4 is 15.9 Å². The highest BCUT2D eigenvalue weighted by molar-refractivity contribution is 7.89. The second kappa shape index (κ2) is 7.97. The topological polar surface area (TPSA) is 93.1 Å². The molecule has 0 aliphatic heterocycles. The number of carbonyl (C=O) groups is 1. The van der Waals surface area contributed by atoms with E-state index >= 15 is 0 Å². The molecular formula is C14H16F2N4O3S. The zero-order valence-electron chi connectivity index (χ0n) is 12.5. The minimum absolute atomic E-state index is 0.0152. The van der Waals surface area contributed by atoms with E-state index in [1.165, 1.54) is 24.3 Å². The lowest BCUT2D eigenvalue weighted by atomic mass is 10.2. The molecule has 1 heterocycles. The van der Waals surface area contributed by atoms with E-state index in [4.69, 9.17) is 0 Å². The van der Waals surface area contributed by atoms with E-state index in [-0.39, 0.29) is 17.0 Å². The van der Waals surface area contributed by atoms with Crippen molar-refractivity contribution in [3.63, 3.8) is 0 Å². The lowest BCUT2D eigenvalue weighted by molar-refractivity contribution is 0.0891. The maximum atomic E-state index is 12.1. The predicted molar refractivity (Wildman–Crippen MR) is 82.2 cm³/mol. The Balaban J connectivity index is 1.94. The van der Waals surface area contributed by atoms with Crippen molar-refractivity contribution in [3.05, 3.63) is 48.5 Å². The molecule has 0 unspecified atom stereocenters. The Bertz CT molecular complexity index is 762. The van der Waals surface area contributed by atoms with Gasteiger partial charge in [0.05, 0.1) is 17.8 Å². The molecule has 1 aromatic heterocycles. The van der Waals surface area contributed by atoms with Gasteiger partial charge in [-0.05, 0) is 24.3 Å². The second-order valence-corrected chi connectivity index (χ2v) is 6.59. The Labute approximate surface area is 137 Å². The van der Waals surface area contributed by atoms with Crippen LogP contribution in [0.25, 0.3) is 0 Å². The van der Waals surface area contributed by atoms with Crippen LogP contribution in [-0.4, -0.2) is 43.4 Å². The van der Waals surface area contributed by atoms with Crippen LogP contribution in [0.15, 0.2) is 47.9 Å².